The smallest absolute Gasteiger partial charge is 0.408 e. The van der Waals surface area contributed by atoms with E-state index in [-0.39, 0.29) is 11.9 Å². The third kappa shape index (κ3) is 8.97. The van der Waals surface area contributed by atoms with Gasteiger partial charge in [0.05, 0.1) is 6.61 Å². The van der Waals surface area contributed by atoms with Crippen molar-refractivity contribution in [1.82, 2.24) is 15.5 Å². The molecule has 1 rings (SSSR count). The van der Waals surface area contributed by atoms with Crippen molar-refractivity contribution in [3.63, 3.8) is 0 Å². The molecular formula is C26H43N3O5. The second-order valence-corrected chi connectivity index (χ2v) is 9.64. The van der Waals surface area contributed by atoms with E-state index < -0.39 is 36.3 Å². The molecule has 3 amide bonds. The van der Waals surface area contributed by atoms with E-state index >= 15 is 0 Å². The number of ether oxygens (including phenoxy) is 1. The molecule has 8 heteroatoms. The Balaban J connectivity index is 3.36. The van der Waals surface area contributed by atoms with Crippen LogP contribution in [-0.2, 0) is 14.3 Å². The van der Waals surface area contributed by atoms with Crippen molar-refractivity contribution in [3.8, 4) is 0 Å². The number of hydrogen-bond acceptors (Lipinski definition) is 5. The number of carbonyl (C=O) groups excluding carboxylic acids is 3. The molecule has 0 aromatic heterocycles. The number of aliphatic hydroxyl groups excluding tert-OH is 1. The molecule has 0 heterocycles. The predicted octanol–water partition coefficient (Wildman–Crippen LogP) is 3.86. The van der Waals surface area contributed by atoms with Gasteiger partial charge in [0.1, 0.15) is 17.7 Å². The van der Waals surface area contributed by atoms with E-state index in [0.717, 1.165) is 24.8 Å². The highest BCUT2D eigenvalue weighted by Crippen LogP contribution is 2.28. The SMILES string of the molecule is CCCCCNC(=O)C(c1ccccc1C)N(C(=O)C(CO)NC(=O)OC(C)(C)C)C(C)CC. The van der Waals surface area contributed by atoms with Crippen LogP contribution in [0.5, 0.6) is 0 Å². The molecule has 3 N–H and O–H groups in total. The lowest BCUT2D eigenvalue weighted by Crippen LogP contribution is -2.56. The standard InChI is InChI=1S/C26H43N3O5/c1-8-10-13-16-27-23(31)22(20-15-12-11-14-18(20)3)29(19(4)9-2)24(32)21(17-30)28-25(33)34-26(5,6)7/h11-12,14-15,19,21-22,30H,8-10,13,16-17H2,1-7H3,(H,27,31)(H,28,33). The van der Waals surface area contributed by atoms with E-state index in [1.807, 2.05) is 45.0 Å². The van der Waals surface area contributed by atoms with E-state index in [0.29, 0.717) is 18.5 Å². The summed E-state index contributed by atoms with van der Waals surface area (Å²) >= 11 is 0. The normalized spacial score (nSPS) is 14.0. The molecule has 0 aliphatic rings. The molecule has 0 aliphatic carbocycles. The average Bonchev–Trinajstić information content (AvgIpc) is 2.77. The fourth-order valence-corrected chi connectivity index (χ4v) is 3.61. The van der Waals surface area contributed by atoms with Crippen LogP contribution >= 0.6 is 0 Å². The summed E-state index contributed by atoms with van der Waals surface area (Å²) in [5, 5.41) is 15.4. The number of rotatable bonds is 12. The second kappa shape index (κ2) is 13.9. The fourth-order valence-electron chi connectivity index (χ4n) is 3.61. The fraction of sp³-hybridized carbons (Fsp3) is 0.654. The summed E-state index contributed by atoms with van der Waals surface area (Å²) in [5.74, 6) is -0.826. The Labute approximate surface area is 204 Å². The largest absolute Gasteiger partial charge is 0.444 e. The van der Waals surface area contributed by atoms with Gasteiger partial charge in [0.2, 0.25) is 11.8 Å². The van der Waals surface area contributed by atoms with Gasteiger partial charge >= 0.3 is 6.09 Å². The highest BCUT2D eigenvalue weighted by Gasteiger charge is 2.38. The first-order valence-corrected chi connectivity index (χ1v) is 12.2. The van der Waals surface area contributed by atoms with Crippen molar-refractivity contribution in [2.75, 3.05) is 13.2 Å². The van der Waals surface area contributed by atoms with Crippen LogP contribution in [0.15, 0.2) is 24.3 Å². The van der Waals surface area contributed by atoms with Gasteiger partial charge in [0.15, 0.2) is 0 Å². The summed E-state index contributed by atoms with van der Waals surface area (Å²) in [6.07, 6.45) is 2.65. The predicted molar refractivity (Wildman–Crippen MR) is 133 cm³/mol. The summed E-state index contributed by atoms with van der Waals surface area (Å²) in [6.45, 7) is 12.8. The molecule has 0 radical (unpaired) electrons. The highest BCUT2D eigenvalue weighted by atomic mass is 16.6. The van der Waals surface area contributed by atoms with Gasteiger partial charge < -0.3 is 25.4 Å². The van der Waals surface area contributed by atoms with Crippen LogP contribution in [0, 0.1) is 6.92 Å². The molecular weight excluding hydrogens is 434 g/mol. The van der Waals surface area contributed by atoms with Gasteiger partial charge in [-0.05, 0) is 58.6 Å². The Kier molecular flexibility index (Phi) is 12.1. The van der Waals surface area contributed by atoms with Gasteiger partial charge in [0, 0.05) is 12.6 Å². The lowest BCUT2D eigenvalue weighted by atomic mass is 9.96. The minimum Gasteiger partial charge on any atom is -0.444 e. The average molecular weight is 478 g/mol. The van der Waals surface area contributed by atoms with Gasteiger partial charge in [-0.15, -0.1) is 0 Å². The second-order valence-electron chi connectivity index (χ2n) is 9.64. The Morgan fingerprint density at radius 1 is 1.12 bits per heavy atom. The zero-order chi connectivity index (χ0) is 25.9. The summed E-state index contributed by atoms with van der Waals surface area (Å²) < 4.78 is 5.26. The number of alkyl carbamates (subject to hydrolysis) is 1. The topological polar surface area (TPSA) is 108 Å². The molecule has 0 saturated carbocycles. The van der Waals surface area contributed by atoms with E-state index in [2.05, 4.69) is 17.6 Å². The van der Waals surface area contributed by atoms with Crippen LogP contribution in [0.4, 0.5) is 4.79 Å². The Hall–Kier alpha value is -2.61. The summed E-state index contributed by atoms with van der Waals surface area (Å²) in [4.78, 5) is 41.0. The summed E-state index contributed by atoms with van der Waals surface area (Å²) in [7, 11) is 0. The van der Waals surface area contributed by atoms with Gasteiger partial charge in [0.25, 0.3) is 0 Å². The third-order valence-corrected chi connectivity index (χ3v) is 5.58. The number of aliphatic hydroxyl groups is 1. The van der Waals surface area contributed by atoms with E-state index in [1.165, 1.54) is 4.90 Å². The highest BCUT2D eigenvalue weighted by molar-refractivity contribution is 5.92. The zero-order valence-electron chi connectivity index (χ0n) is 21.8. The van der Waals surface area contributed by atoms with Gasteiger partial charge in [-0.1, -0.05) is 51.0 Å². The minimum atomic E-state index is -1.25. The maximum absolute atomic E-state index is 13.7. The molecule has 0 aliphatic heterocycles. The summed E-state index contributed by atoms with van der Waals surface area (Å²) in [5.41, 5.74) is 0.821. The van der Waals surface area contributed by atoms with Crippen LogP contribution < -0.4 is 10.6 Å². The van der Waals surface area contributed by atoms with Gasteiger partial charge in [-0.25, -0.2) is 4.79 Å². The van der Waals surface area contributed by atoms with E-state index in [4.69, 9.17) is 4.74 Å². The van der Waals surface area contributed by atoms with Crippen LogP contribution in [0.2, 0.25) is 0 Å². The number of carbonyl (C=O) groups is 3. The van der Waals surface area contributed by atoms with Crippen molar-refractivity contribution in [2.24, 2.45) is 0 Å². The minimum absolute atomic E-state index is 0.284. The van der Waals surface area contributed by atoms with Crippen molar-refractivity contribution < 1.29 is 24.2 Å². The van der Waals surface area contributed by atoms with Gasteiger partial charge in [-0.3, -0.25) is 9.59 Å². The zero-order valence-corrected chi connectivity index (χ0v) is 21.8. The molecule has 192 valence electrons. The Morgan fingerprint density at radius 2 is 1.76 bits per heavy atom. The Bertz CT molecular complexity index is 806. The molecule has 8 nitrogen and oxygen atoms in total. The lowest BCUT2D eigenvalue weighted by molar-refractivity contribution is -0.145. The quantitative estimate of drug-likeness (QED) is 0.396. The number of nitrogens with zero attached hydrogens (tertiary/aromatic N) is 1. The van der Waals surface area contributed by atoms with Crippen molar-refractivity contribution in [1.29, 1.82) is 0 Å². The van der Waals surface area contributed by atoms with Gasteiger partial charge in [-0.2, -0.15) is 0 Å². The molecule has 1 aromatic carbocycles. The molecule has 0 saturated heterocycles. The van der Waals surface area contributed by atoms with Crippen molar-refractivity contribution in [2.45, 2.75) is 97.9 Å². The molecule has 0 fully saturated rings. The maximum atomic E-state index is 13.7. The molecule has 34 heavy (non-hydrogen) atoms. The molecule has 3 atom stereocenters. The lowest BCUT2D eigenvalue weighted by Gasteiger charge is -2.38. The number of benzene rings is 1. The summed E-state index contributed by atoms with van der Waals surface area (Å²) in [6, 6.07) is 4.97. The van der Waals surface area contributed by atoms with Crippen LogP contribution in [0.3, 0.4) is 0 Å². The molecule has 3 unspecified atom stereocenters. The molecule has 0 spiro atoms. The van der Waals surface area contributed by atoms with Crippen molar-refractivity contribution >= 4 is 17.9 Å². The third-order valence-electron chi connectivity index (χ3n) is 5.58. The number of nitrogens with one attached hydrogen (secondary N) is 2. The number of hydrogen-bond donors (Lipinski definition) is 3. The maximum Gasteiger partial charge on any atom is 0.408 e. The van der Waals surface area contributed by atoms with Crippen LogP contribution in [0.1, 0.15) is 84.4 Å². The van der Waals surface area contributed by atoms with E-state index in [1.54, 1.807) is 20.8 Å². The first-order valence-electron chi connectivity index (χ1n) is 12.2. The number of aryl methyl sites for hydroxylation is 1. The van der Waals surface area contributed by atoms with Crippen LogP contribution in [-0.4, -0.2) is 58.8 Å². The van der Waals surface area contributed by atoms with Crippen molar-refractivity contribution in [3.05, 3.63) is 35.4 Å². The molecule has 0 bridgehead atoms. The first kappa shape index (κ1) is 29.4. The van der Waals surface area contributed by atoms with E-state index in [9.17, 15) is 19.5 Å². The molecule has 1 aromatic rings. The number of amides is 3. The Morgan fingerprint density at radius 3 is 2.29 bits per heavy atom. The first-order chi connectivity index (χ1) is 16.0. The number of unbranched alkanes of at least 4 members (excludes halogenated alkanes) is 2. The van der Waals surface area contributed by atoms with Crippen LogP contribution in [0.25, 0.3) is 0 Å². The monoisotopic (exact) mass is 477 g/mol.